The van der Waals surface area contributed by atoms with Crippen molar-refractivity contribution in [3.63, 3.8) is 0 Å². The summed E-state index contributed by atoms with van der Waals surface area (Å²) in [5.74, 6) is 1.14. The quantitative estimate of drug-likeness (QED) is 0.821. The summed E-state index contributed by atoms with van der Waals surface area (Å²) < 4.78 is 18.4. The summed E-state index contributed by atoms with van der Waals surface area (Å²) in [4.78, 5) is 25.4. The molecule has 0 aromatic heterocycles. The van der Waals surface area contributed by atoms with Crippen molar-refractivity contribution in [2.24, 2.45) is 23.2 Å². The smallest absolute Gasteiger partial charge is 0.328 e. The van der Waals surface area contributed by atoms with Gasteiger partial charge in [-0.25, -0.2) is 9.18 Å². The van der Waals surface area contributed by atoms with E-state index in [1.807, 2.05) is 0 Å². The third kappa shape index (κ3) is 3.24. The molecule has 4 saturated carbocycles. The Labute approximate surface area is 153 Å². The molecule has 0 radical (unpaired) electrons. The second kappa shape index (κ2) is 6.67. The molecule has 4 aliphatic rings. The third-order valence-corrected chi connectivity index (χ3v) is 6.64. The Hall–Kier alpha value is -1.91. The molecule has 1 aromatic carbocycles. The molecule has 4 nitrogen and oxygen atoms in total. The van der Waals surface area contributed by atoms with Gasteiger partial charge in [0.2, 0.25) is 5.91 Å². The fraction of sp³-hybridized carbons (Fsp3) is 0.619. The van der Waals surface area contributed by atoms with Crippen LogP contribution >= 0.6 is 0 Å². The standard InChI is InChI=1S/C21H26FNO3/c1-26-19(24)18(9-13-3-2-4-17(22)8-13)23-20(25)21-10-14-5-15(11-21)7-16(6-14)12-21/h2-4,8,14-16,18H,5-7,9-12H2,1H3,(H,23,25)/t14?,15?,16?,18-,21?/m1/s1. The maximum absolute atomic E-state index is 13.5. The van der Waals surface area contributed by atoms with Crippen molar-refractivity contribution in [2.45, 2.75) is 51.0 Å². The molecule has 4 bridgehead atoms. The van der Waals surface area contributed by atoms with Crippen LogP contribution in [0.5, 0.6) is 0 Å². The van der Waals surface area contributed by atoms with Gasteiger partial charge in [-0.15, -0.1) is 0 Å². The molecule has 0 aliphatic heterocycles. The minimum absolute atomic E-state index is 0.0107. The molecular weight excluding hydrogens is 333 g/mol. The monoisotopic (exact) mass is 359 g/mol. The molecule has 1 N–H and O–H groups in total. The molecule has 0 spiro atoms. The van der Waals surface area contributed by atoms with Crippen LogP contribution in [0.3, 0.4) is 0 Å². The molecule has 0 heterocycles. The Bertz CT molecular complexity index is 682. The summed E-state index contributed by atoms with van der Waals surface area (Å²) >= 11 is 0. The van der Waals surface area contributed by atoms with Crippen LogP contribution in [0.15, 0.2) is 24.3 Å². The number of rotatable bonds is 5. The van der Waals surface area contributed by atoms with Crippen LogP contribution in [-0.2, 0) is 20.7 Å². The Kier molecular flexibility index (Phi) is 4.49. The fourth-order valence-electron chi connectivity index (χ4n) is 5.94. The lowest BCUT2D eigenvalue weighted by Crippen LogP contribution is -2.56. The molecule has 1 aromatic rings. The number of benzene rings is 1. The summed E-state index contributed by atoms with van der Waals surface area (Å²) in [6, 6.07) is 5.36. The van der Waals surface area contributed by atoms with Crippen molar-refractivity contribution in [3.8, 4) is 0 Å². The van der Waals surface area contributed by atoms with Crippen LogP contribution in [-0.4, -0.2) is 25.0 Å². The van der Waals surface area contributed by atoms with E-state index in [2.05, 4.69) is 5.32 Å². The van der Waals surface area contributed by atoms with Crippen LogP contribution < -0.4 is 5.32 Å². The molecule has 140 valence electrons. The van der Waals surface area contributed by atoms with Crippen LogP contribution in [0.2, 0.25) is 0 Å². The number of hydrogen-bond acceptors (Lipinski definition) is 3. The maximum atomic E-state index is 13.5. The molecule has 0 unspecified atom stereocenters. The lowest BCUT2D eigenvalue weighted by Gasteiger charge is -2.55. The topological polar surface area (TPSA) is 55.4 Å². The Balaban J connectivity index is 1.50. The van der Waals surface area contributed by atoms with Crippen molar-refractivity contribution < 1.29 is 18.7 Å². The zero-order valence-corrected chi connectivity index (χ0v) is 15.2. The average Bonchev–Trinajstić information content (AvgIpc) is 2.59. The van der Waals surface area contributed by atoms with E-state index in [-0.39, 0.29) is 23.6 Å². The zero-order chi connectivity index (χ0) is 18.3. The molecule has 1 atom stereocenters. The van der Waals surface area contributed by atoms with Gasteiger partial charge < -0.3 is 10.1 Å². The normalized spacial score (nSPS) is 32.9. The number of carbonyl (C=O) groups excluding carboxylic acids is 2. The van der Waals surface area contributed by atoms with Crippen molar-refractivity contribution >= 4 is 11.9 Å². The molecule has 5 heteroatoms. The number of ether oxygens (including phenoxy) is 1. The highest BCUT2D eigenvalue weighted by molar-refractivity contribution is 5.88. The van der Waals surface area contributed by atoms with Gasteiger partial charge in [0.05, 0.1) is 7.11 Å². The zero-order valence-electron chi connectivity index (χ0n) is 15.2. The molecular formula is C21H26FNO3. The van der Waals surface area contributed by atoms with Crippen molar-refractivity contribution in [3.05, 3.63) is 35.6 Å². The highest BCUT2D eigenvalue weighted by Crippen LogP contribution is 2.60. The van der Waals surface area contributed by atoms with E-state index in [1.54, 1.807) is 12.1 Å². The predicted octanol–water partition coefficient (Wildman–Crippen LogP) is 3.24. The van der Waals surface area contributed by atoms with Crippen molar-refractivity contribution in [1.29, 1.82) is 0 Å². The van der Waals surface area contributed by atoms with Gasteiger partial charge >= 0.3 is 5.97 Å². The van der Waals surface area contributed by atoms with Gasteiger partial charge in [0.1, 0.15) is 11.9 Å². The van der Waals surface area contributed by atoms with Crippen LogP contribution in [0.25, 0.3) is 0 Å². The van der Waals surface area contributed by atoms with E-state index >= 15 is 0 Å². The van der Waals surface area contributed by atoms with Crippen LogP contribution in [0.1, 0.15) is 44.1 Å². The number of carbonyl (C=O) groups is 2. The number of nitrogens with one attached hydrogen (secondary N) is 1. The Morgan fingerprint density at radius 1 is 1.19 bits per heavy atom. The third-order valence-electron chi connectivity index (χ3n) is 6.64. The van der Waals surface area contributed by atoms with E-state index in [0.29, 0.717) is 23.3 Å². The Morgan fingerprint density at radius 3 is 2.35 bits per heavy atom. The van der Waals surface area contributed by atoms with Gasteiger partial charge in [0.15, 0.2) is 0 Å². The Morgan fingerprint density at radius 2 is 1.81 bits per heavy atom. The van der Waals surface area contributed by atoms with Gasteiger partial charge in [-0.05, 0) is 74.0 Å². The highest BCUT2D eigenvalue weighted by atomic mass is 19.1. The first kappa shape index (κ1) is 17.5. The highest BCUT2D eigenvalue weighted by Gasteiger charge is 2.55. The van der Waals surface area contributed by atoms with Gasteiger partial charge in [-0.1, -0.05) is 12.1 Å². The van der Waals surface area contributed by atoms with E-state index in [9.17, 15) is 14.0 Å². The van der Waals surface area contributed by atoms with E-state index in [0.717, 1.165) is 19.3 Å². The minimum atomic E-state index is -0.776. The van der Waals surface area contributed by atoms with Gasteiger partial charge in [-0.2, -0.15) is 0 Å². The molecule has 4 fully saturated rings. The first-order chi connectivity index (χ1) is 12.5. The SMILES string of the molecule is COC(=O)[C@@H](Cc1cccc(F)c1)NC(=O)C12CC3CC(CC(C3)C1)C2. The van der Waals surface area contributed by atoms with Crippen LogP contribution in [0.4, 0.5) is 4.39 Å². The van der Waals surface area contributed by atoms with E-state index < -0.39 is 12.0 Å². The number of hydrogen-bond donors (Lipinski definition) is 1. The molecule has 0 saturated heterocycles. The first-order valence-electron chi connectivity index (χ1n) is 9.61. The summed E-state index contributed by atoms with van der Waals surface area (Å²) in [6.07, 6.45) is 6.85. The van der Waals surface area contributed by atoms with Crippen LogP contribution in [0, 0.1) is 29.0 Å². The lowest BCUT2D eigenvalue weighted by atomic mass is 9.49. The average molecular weight is 359 g/mol. The second-order valence-electron chi connectivity index (χ2n) is 8.58. The number of esters is 1. The van der Waals surface area contributed by atoms with E-state index in [1.165, 1.54) is 38.5 Å². The number of amides is 1. The summed E-state index contributed by atoms with van der Waals surface area (Å²) in [5.41, 5.74) is 0.356. The number of methoxy groups -OCH3 is 1. The fourth-order valence-corrected chi connectivity index (χ4v) is 5.94. The number of halogens is 1. The molecule has 5 rings (SSSR count). The van der Waals surface area contributed by atoms with E-state index in [4.69, 9.17) is 4.74 Å². The van der Waals surface area contributed by atoms with Crippen molar-refractivity contribution in [2.75, 3.05) is 7.11 Å². The summed E-state index contributed by atoms with van der Waals surface area (Å²) in [6.45, 7) is 0. The van der Waals surface area contributed by atoms with Gasteiger partial charge in [0.25, 0.3) is 0 Å². The van der Waals surface area contributed by atoms with Gasteiger partial charge in [0, 0.05) is 11.8 Å². The largest absolute Gasteiger partial charge is 0.467 e. The molecule has 26 heavy (non-hydrogen) atoms. The lowest BCUT2D eigenvalue weighted by molar-refractivity contribution is -0.152. The summed E-state index contributed by atoms with van der Waals surface area (Å²) in [5, 5.41) is 2.96. The molecule has 1 amide bonds. The molecule has 4 aliphatic carbocycles. The second-order valence-corrected chi connectivity index (χ2v) is 8.58. The summed E-state index contributed by atoms with van der Waals surface area (Å²) in [7, 11) is 1.32. The first-order valence-corrected chi connectivity index (χ1v) is 9.61. The minimum Gasteiger partial charge on any atom is -0.467 e. The predicted molar refractivity (Wildman–Crippen MR) is 94.7 cm³/mol. The maximum Gasteiger partial charge on any atom is 0.328 e. The van der Waals surface area contributed by atoms with Crippen molar-refractivity contribution in [1.82, 2.24) is 5.32 Å². The van der Waals surface area contributed by atoms with Gasteiger partial charge in [-0.3, -0.25) is 4.79 Å².